The molecule has 0 aliphatic carbocycles. The summed E-state index contributed by atoms with van der Waals surface area (Å²) in [6.07, 6.45) is 2.52. The average molecular weight is 222 g/mol. The molecule has 1 unspecified atom stereocenters. The fourth-order valence-corrected chi connectivity index (χ4v) is 1.19. The van der Waals surface area contributed by atoms with Crippen LogP contribution in [0.2, 0.25) is 0 Å². The van der Waals surface area contributed by atoms with Gasteiger partial charge in [-0.1, -0.05) is 6.92 Å². The Balaban J connectivity index is 2.64. The van der Waals surface area contributed by atoms with Gasteiger partial charge in [0.25, 0.3) is 5.91 Å². The predicted molar refractivity (Wildman–Crippen MR) is 64.4 cm³/mol. The summed E-state index contributed by atoms with van der Waals surface area (Å²) in [5.74, 6) is -0.191. The van der Waals surface area contributed by atoms with E-state index in [2.05, 4.69) is 15.6 Å². The molecule has 0 fully saturated rings. The van der Waals surface area contributed by atoms with Crippen molar-refractivity contribution in [1.29, 1.82) is 0 Å². The number of carbonyl (C=O) groups is 1. The number of hydrogen-bond donors (Lipinski definition) is 3. The zero-order chi connectivity index (χ0) is 12.0. The molecular weight excluding hydrogens is 204 g/mol. The summed E-state index contributed by atoms with van der Waals surface area (Å²) in [7, 11) is 1.58. The van der Waals surface area contributed by atoms with Gasteiger partial charge in [-0.3, -0.25) is 9.78 Å². The molecule has 0 bridgehead atoms. The quantitative estimate of drug-likeness (QED) is 0.681. The first-order chi connectivity index (χ1) is 7.67. The van der Waals surface area contributed by atoms with Crippen LogP contribution in [0.1, 0.15) is 23.8 Å². The Hall–Kier alpha value is -1.62. The molecule has 0 saturated heterocycles. The smallest absolute Gasteiger partial charge is 0.269 e. The number of pyridine rings is 1. The van der Waals surface area contributed by atoms with Crippen LogP contribution in [0.4, 0.5) is 5.69 Å². The van der Waals surface area contributed by atoms with E-state index in [-0.39, 0.29) is 11.9 Å². The van der Waals surface area contributed by atoms with E-state index < -0.39 is 0 Å². The Morgan fingerprint density at radius 1 is 1.62 bits per heavy atom. The monoisotopic (exact) mass is 222 g/mol. The molecule has 1 aromatic rings. The molecule has 5 heteroatoms. The van der Waals surface area contributed by atoms with Crippen molar-refractivity contribution < 1.29 is 4.79 Å². The molecule has 1 atom stereocenters. The highest BCUT2D eigenvalue weighted by Gasteiger charge is 2.05. The van der Waals surface area contributed by atoms with Gasteiger partial charge in [0.2, 0.25) is 0 Å². The number of nitrogens with zero attached hydrogens (tertiary/aromatic N) is 1. The Labute approximate surface area is 95.4 Å². The lowest BCUT2D eigenvalue weighted by Crippen LogP contribution is -2.28. The van der Waals surface area contributed by atoms with Gasteiger partial charge in [0.1, 0.15) is 5.69 Å². The topological polar surface area (TPSA) is 80.0 Å². The molecule has 0 saturated carbocycles. The summed E-state index contributed by atoms with van der Waals surface area (Å²) < 4.78 is 0. The van der Waals surface area contributed by atoms with Gasteiger partial charge in [-0.15, -0.1) is 0 Å². The van der Waals surface area contributed by atoms with Crippen molar-refractivity contribution >= 4 is 11.6 Å². The Morgan fingerprint density at radius 2 is 2.38 bits per heavy atom. The summed E-state index contributed by atoms with van der Waals surface area (Å²) >= 11 is 0. The minimum absolute atomic E-state index is 0.122. The summed E-state index contributed by atoms with van der Waals surface area (Å²) in [5.41, 5.74) is 7.05. The third kappa shape index (κ3) is 3.51. The van der Waals surface area contributed by atoms with E-state index in [0.717, 1.165) is 12.1 Å². The lowest BCUT2D eigenvalue weighted by Gasteiger charge is -2.11. The van der Waals surface area contributed by atoms with Gasteiger partial charge >= 0.3 is 0 Å². The van der Waals surface area contributed by atoms with Crippen LogP contribution in [-0.4, -0.2) is 30.5 Å². The molecule has 0 radical (unpaired) electrons. The van der Waals surface area contributed by atoms with Crippen LogP contribution in [0.15, 0.2) is 18.3 Å². The molecule has 0 spiro atoms. The maximum Gasteiger partial charge on any atom is 0.269 e. The van der Waals surface area contributed by atoms with Gasteiger partial charge in [-0.2, -0.15) is 0 Å². The van der Waals surface area contributed by atoms with Gasteiger partial charge in [0, 0.05) is 31.5 Å². The molecule has 1 rings (SSSR count). The second-order valence-electron chi connectivity index (χ2n) is 3.56. The Kier molecular flexibility index (Phi) is 4.72. The normalized spacial score (nSPS) is 11.9. The average Bonchev–Trinajstić information content (AvgIpc) is 2.35. The number of anilines is 1. The number of nitrogens with two attached hydrogens (primary N) is 1. The lowest BCUT2D eigenvalue weighted by atomic mass is 10.2. The van der Waals surface area contributed by atoms with Crippen LogP contribution in [0, 0.1) is 0 Å². The first-order valence-electron chi connectivity index (χ1n) is 5.35. The van der Waals surface area contributed by atoms with Crippen LogP contribution < -0.4 is 16.4 Å². The fraction of sp³-hybridized carbons (Fsp3) is 0.455. The molecule has 0 aliphatic rings. The van der Waals surface area contributed by atoms with E-state index in [0.29, 0.717) is 12.2 Å². The van der Waals surface area contributed by atoms with Crippen molar-refractivity contribution in [3.8, 4) is 0 Å². The predicted octanol–water partition coefficient (Wildman–Crippen LogP) is 0.590. The van der Waals surface area contributed by atoms with Crippen LogP contribution in [0.25, 0.3) is 0 Å². The van der Waals surface area contributed by atoms with E-state index in [1.165, 1.54) is 0 Å². The molecule has 1 heterocycles. The number of hydrogen-bond acceptors (Lipinski definition) is 4. The van der Waals surface area contributed by atoms with Crippen molar-refractivity contribution in [3.05, 3.63) is 24.0 Å². The third-order valence-electron chi connectivity index (χ3n) is 2.31. The summed E-state index contributed by atoms with van der Waals surface area (Å²) in [4.78, 5) is 15.3. The number of carbonyl (C=O) groups excluding carboxylic acids is 1. The minimum atomic E-state index is -0.191. The van der Waals surface area contributed by atoms with Crippen molar-refractivity contribution in [3.63, 3.8) is 0 Å². The molecule has 4 N–H and O–H groups in total. The Bertz CT molecular complexity index is 354. The van der Waals surface area contributed by atoms with Crippen LogP contribution in [-0.2, 0) is 0 Å². The summed E-state index contributed by atoms with van der Waals surface area (Å²) in [6.45, 7) is 2.72. The fourth-order valence-electron chi connectivity index (χ4n) is 1.19. The zero-order valence-corrected chi connectivity index (χ0v) is 9.66. The molecule has 88 valence electrons. The van der Waals surface area contributed by atoms with Gasteiger partial charge < -0.3 is 16.4 Å². The molecule has 5 nitrogen and oxygen atoms in total. The second kappa shape index (κ2) is 6.07. The maximum atomic E-state index is 11.3. The highest BCUT2D eigenvalue weighted by atomic mass is 16.1. The summed E-state index contributed by atoms with van der Waals surface area (Å²) in [6, 6.07) is 3.65. The lowest BCUT2D eigenvalue weighted by molar-refractivity contribution is 0.0958. The number of nitrogens with one attached hydrogen (secondary N) is 2. The van der Waals surface area contributed by atoms with Crippen LogP contribution >= 0.6 is 0 Å². The SMILES string of the molecule is CCC(N)CNc1ccnc(C(=O)NC)c1. The van der Waals surface area contributed by atoms with Crippen LogP contribution in [0.5, 0.6) is 0 Å². The van der Waals surface area contributed by atoms with Gasteiger partial charge in [0.15, 0.2) is 0 Å². The van der Waals surface area contributed by atoms with E-state index in [4.69, 9.17) is 5.73 Å². The Morgan fingerprint density at radius 3 is 3.00 bits per heavy atom. The van der Waals surface area contributed by atoms with Gasteiger partial charge in [0.05, 0.1) is 0 Å². The maximum absolute atomic E-state index is 11.3. The molecule has 1 amide bonds. The van der Waals surface area contributed by atoms with Crippen molar-refractivity contribution in [2.45, 2.75) is 19.4 Å². The standard InChI is InChI=1S/C11H18N4O/c1-3-8(12)7-15-9-4-5-14-10(6-9)11(16)13-2/h4-6,8H,3,7,12H2,1-2H3,(H,13,16)(H,14,15). The first-order valence-corrected chi connectivity index (χ1v) is 5.35. The number of aromatic nitrogens is 1. The highest BCUT2D eigenvalue weighted by Crippen LogP contribution is 2.07. The van der Waals surface area contributed by atoms with E-state index in [1.807, 2.05) is 13.0 Å². The first kappa shape index (κ1) is 12.4. The molecule has 1 aromatic heterocycles. The van der Waals surface area contributed by atoms with E-state index in [1.54, 1.807) is 19.3 Å². The highest BCUT2D eigenvalue weighted by molar-refractivity contribution is 5.92. The number of rotatable bonds is 5. The molecular formula is C11H18N4O. The zero-order valence-electron chi connectivity index (χ0n) is 9.66. The minimum Gasteiger partial charge on any atom is -0.383 e. The second-order valence-corrected chi connectivity index (χ2v) is 3.56. The van der Waals surface area contributed by atoms with Gasteiger partial charge in [-0.25, -0.2) is 0 Å². The molecule has 16 heavy (non-hydrogen) atoms. The molecule has 0 aromatic carbocycles. The van der Waals surface area contributed by atoms with Crippen molar-refractivity contribution in [2.75, 3.05) is 18.9 Å². The number of amides is 1. The van der Waals surface area contributed by atoms with E-state index >= 15 is 0 Å². The van der Waals surface area contributed by atoms with Crippen molar-refractivity contribution in [2.24, 2.45) is 5.73 Å². The van der Waals surface area contributed by atoms with Gasteiger partial charge in [-0.05, 0) is 18.6 Å². The van der Waals surface area contributed by atoms with Crippen LogP contribution in [0.3, 0.4) is 0 Å². The molecule has 0 aliphatic heterocycles. The summed E-state index contributed by atoms with van der Waals surface area (Å²) in [5, 5.41) is 5.70. The van der Waals surface area contributed by atoms with E-state index in [9.17, 15) is 4.79 Å². The largest absolute Gasteiger partial charge is 0.383 e. The third-order valence-corrected chi connectivity index (χ3v) is 2.31. The van der Waals surface area contributed by atoms with Crippen molar-refractivity contribution in [1.82, 2.24) is 10.3 Å².